The Kier molecular flexibility index (Phi) is 4.73. The van der Waals surface area contributed by atoms with Gasteiger partial charge in [-0.1, -0.05) is 19.8 Å². The fourth-order valence-electron chi connectivity index (χ4n) is 3.64. The fourth-order valence-corrected chi connectivity index (χ4v) is 3.64. The predicted octanol–water partition coefficient (Wildman–Crippen LogP) is 3.10. The number of hydrogen-bond acceptors (Lipinski definition) is 3. The average molecular weight is 334 g/mol. The summed E-state index contributed by atoms with van der Waals surface area (Å²) in [5, 5.41) is 2.94. The van der Waals surface area contributed by atoms with E-state index in [0.29, 0.717) is 25.3 Å². The molecule has 130 valence electrons. The van der Waals surface area contributed by atoms with E-state index in [1.165, 1.54) is 17.0 Å². The fraction of sp³-hybridized carbons (Fsp3) is 0.556. The van der Waals surface area contributed by atoms with Gasteiger partial charge in [0.1, 0.15) is 17.1 Å². The maximum Gasteiger partial charge on any atom is 0.325 e. The molecule has 2 aliphatic rings. The van der Waals surface area contributed by atoms with Gasteiger partial charge in [0.05, 0.1) is 6.61 Å². The summed E-state index contributed by atoms with van der Waals surface area (Å²) >= 11 is 0. The summed E-state index contributed by atoms with van der Waals surface area (Å²) < 4.78 is 18.3. The van der Waals surface area contributed by atoms with Gasteiger partial charge in [-0.15, -0.1) is 0 Å². The van der Waals surface area contributed by atoms with Crippen LogP contribution in [0.25, 0.3) is 0 Å². The van der Waals surface area contributed by atoms with Gasteiger partial charge in [0, 0.05) is 6.54 Å². The number of rotatable bonds is 5. The van der Waals surface area contributed by atoms with Gasteiger partial charge >= 0.3 is 6.03 Å². The molecule has 2 fully saturated rings. The molecule has 1 saturated carbocycles. The molecule has 3 amide bonds. The van der Waals surface area contributed by atoms with Crippen LogP contribution in [0.1, 0.15) is 39.0 Å². The Balaban J connectivity index is 1.53. The Morgan fingerprint density at radius 3 is 2.75 bits per heavy atom. The van der Waals surface area contributed by atoms with Crippen LogP contribution in [0, 0.1) is 11.7 Å². The molecule has 1 heterocycles. The molecule has 1 N–H and O–H groups in total. The third-order valence-corrected chi connectivity index (χ3v) is 5.11. The molecular formula is C18H23FN2O3. The monoisotopic (exact) mass is 334 g/mol. The van der Waals surface area contributed by atoms with Gasteiger partial charge < -0.3 is 10.1 Å². The first-order valence-corrected chi connectivity index (χ1v) is 8.55. The highest BCUT2D eigenvalue weighted by molar-refractivity contribution is 6.07. The molecule has 2 atom stereocenters. The lowest BCUT2D eigenvalue weighted by Crippen LogP contribution is -2.53. The summed E-state index contributed by atoms with van der Waals surface area (Å²) in [5.41, 5.74) is -0.701. The van der Waals surface area contributed by atoms with Crippen LogP contribution in [0.2, 0.25) is 0 Å². The van der Waals surface area contributed by atoms with E-state index in [4.69, 9.17) is 4.74 Å². The number of benzene rings is 1. The second-order valence-electron chi connectivity index (χ2n) is 6.66. The normalized spacial score (nSPS) is 26.8. The number of carbonyl (C=O) groups is 2. The van der Waals surface area contributed by atoms with Gasteiger partial charge in [0.2, 0.25) is 0 Å². The molecule has 6 heteroatoms. The lowest BCUT2D eigenvalue weighted by atomic mass is 9.73. The number of nitrogens with one attached hydrogen (secondary N) is 1. The highest BCUT2D eigenvalue weighted by atomic mass is 19.1. The molecule has 1 aromatic carbocycles. The van der Waals surface area contributed by atoms with Crippen LogP contribution in [0.4, 0.5) is 9.18 Å². The Hall–Kier alpha value is -2.11. The molecule has 0 radical (unpaired) electrons. The van der Waals surface area contributed by atoms with Crippen molar-refractivity contribution in [2.75, 3.05) is 13.2 Å². The molecule has 1 saturated heterocycles. The number of amides is 3. The topological polar surface area (TPSA) is 58.6 Å². The van der Waals surface area contributed by atoms with Gasteiger partial charge in [-0.25, -0.2) is 9.18 Å². The van der Waals surface area contributed by atoms with Gasteiger partial charge in [-0.2, -0.15) is 0 Å². The molecular weight excluding hydrogens is 311 g/mol. The van der Waals surface area contributed by atoms with Crippen molar-refractivity contribution in [1.82, 2.24) is 10.2 Å². The van der Waals surface area contributed by atoms with E-state index in [9.17, 15) is 14.0 Å². The lowest BCUT2D eigenvalue weighted by molar-refractivity contribution is -0.134. The van der Waals surface area contributed by atoms with Crippen molar-refractivity contribution in [1.29, 1.82) is 0 Å². The molecule has 1 spiro atoms. The minimum atomic E-state index is -0.701. The Morgan fingerprint density at radius 2 is 2.04 bits per heavy atom. The number of carbonyl (C=O) groups excluding carboxylic acids is 2. The van der Waals surface area contributed by atoms with E-state index in [2.05, 4.69) is 5.32 Å². The zero-order valence-electron chi connectivity index (χ0n) is 13.9. The molecule has 1 aliphatic carbocycles. The number of ether oxygens (including phenoxy) is 1. The Morgan fingerprint density at radius 1 is 1.29 bits per heavy atom. The van der Waals surface area contributed by atoms with Crippen molar-refractivity contribution in [3.63, 3.8) is 0 Å². The van der Waals surface area contributed by atoms with Crippen molar-refractivity contribution in [2.45, 2.75) is 44.6 Å². The molecule has 2 unspecified atom stereocenters. The largest absolute Gasteiger partial charge is 0.494 e. The van der Waals surface area contributed by atoms with Crippen molar-refractivity contribution in [3.8, 4) is 5.75 Å². The predicted molar refractivity (Wildman–Crippen MR) is 87.1 cm³/mol. The Labute approximate surface area is 141 Å². The lowest BCUT2D eigenvalue weighted by Gasteiger charge is -2.36. The van der Waals surface area contributed by atoms with E-state index >= 15 is 0 Å². The van der Waals surface area contributed by atoms with E-state index in [0.717, 1.165) is 25.7 Å². The van der Waals surface area contributed by atoms with Crippen molar-refractivity contribution < 1.29 is 18.7 Å². The Bertz CT molecular complexity index is 619. The van der Waals surface area contributed by atoms with Crippen molar-refractivity contribution in [3.05, 3.63) is 30.1 Å². The number of hydrogen-bond donors (Lipinski definition) is 1. The first kappa shape index (κ1) is 16.7. The van der Waals surface area contributed by atoms with E-state index in [1.807, 2.05) is 6.92 Å². The molecule has 3 rings (SSSR count). The first-order chi connectivity index (χ1) is 11.5. The summed E-state index contributed by atoms with van der Waals surface area (Å²) in [4.78, 5) is 26.3. The van der Waals surface area contributed by atoms with Crippen LogP contribution < -0.4 is 10.1 Å². The van der Waals surface area contributed by atoms with Gasteiger partial charge in [-0.3, -0.25) is 9.69 Å². The van der Waals surface area contributed by atoms with Gasteiger partial charge in [0.25, 0.3) is 5.91 Å². The third kappa shape index (κ3) is 3.09. The van der Waals surface area contributed by atoms with Crippen LogP contribution in [-0.4, -0.2) is 35.5 Å². The number of imide groups is 1. The smallest absolute Gasteiger partial charge is 0.325 e. The standard InChI is InChI=1S/C18H23FN2O3/c1-13-5-2-3-10-18(13)16(22)21(17(23)20-18)11-4-12-24-15-8-6-14(19)7-9-15/h6-9,13H,2-5,10-12H2,1H3,(H,20,23). The summed E-state index contributed by atoms with van der Waals surface area (Å²) in [5.74, 6) is 0.337. The quantitative estimate of drug-likeness (QED) is 0.665. The highest BCUT2D eigenvalue weighted by Crippen LogP contribution is 2.38. The molecule has 1 aliphatic heterocycles. The van der Waals surface area contributed by atoms with Crippen LogP contribution in [-0.2, 0) is 4.79 Å². The molecule has 0 aromatic heterocycles. The summed E-state index contributed by atoms with van der Waals surface area (Å²) in [7, 11) is 0. The number of halogens is 1. The highest BCUT2D eigenvalue weighted by Gasteiger charge is 2.54. The summed E-state index contributed by atoms with van der Waals surface area (Å²) in [6, 6.07) is 5.49. The minimum absolute atomic E-state index is 0.0958. The second-order valence-corrected chi connectivity index (χ2v) is 6.66. The maximum atomic E-state index is 12.8. The number of urea groups is 1. The van der Waals surface area contributed by atoms with Crippen molar-refractivity contribution in [2.24, 2.45) is 5.92 Å². The van der Waals surface area contributed by atoms with E-state index in [-0.39, 0.29) is 23.7 Å². The van der Waals surface area contributed by atoms with Crippen LogP contribution >= 0.6 is 0 Å². The average Bonchev–Trinajstić information content (AvgIpc) is 2.80. The van der Waals surface area contributed by atoms with Crippen molar-refractivity contribution >= 4 is 11.9 Å². The van der Waals surface area contributed by atoms with E-state index in [1.54, 1.807) is 12.1 Å². The molecule has 5 nitrogen and oxygen atoms in total. The molecule has 1 aromatic rings. The molecule has 0 bridgehead atoms. The molecule has 24 heavy (non-hydrogen) atoms. The van der Waals surface area contributed by atoms with E-state index < -0.39 is 5.54 Å². The minimum Gasteiger partial charge on any atom is -0.494 e. The first-order valence-electron chi connectivity index (χ1n) is 8.55. The second kappa shape index (κ2) is 6.79. The number of nitrogens with zero attached hydrogens (tertiary/aromatic N) is 1. The maximum absolute atomic E-state index is 12.8. The zero-order valence-corrected chi connectivity index (χ0v) is 13.9. The van der Waals surface area contributed by atoms with Crippen LogP contribution in [0.15, 0.2) is 24.3 Å². The summed E-state index contributed by atoms with van der Waals surface area (Å²) in [6.07, 6.45) is 4.31. The zero-order chi connectivity index (χ0) is 17.2. The van der Waals surface area contributed by atoms with Crippen LogP contribution in [0.5, 0.6) is 5.75 Å². The van der Waals surface area contributed by atoms with Gasteiger partial charge in [0.15, 0.2) is 0 Å². The summed E-state index contributed by atoms with van der Waals surface area (Å²) in [6.45, 7) is 2.74. The van der Waals surface area contributed by atoms with Crippen LogP contribution in [0.3, 0.4) is 0 Å². The third-order valence-electron chi connectivity index (χ3n) is 5.11. The SMILES string of the molecule is CC1CCCCC12NC(=O)N(CCCOc1ccc(F)cc1)C2=O. The van der Waals surface area contributed by atoms with Gasteiger partial charge in [-0.05, 0) is 49.4 Å².